The van der Waals surface area contributed by atoms with E-state index in [4.69, 9.17) is 22.9 Å². The molecule has 0 aromatic carbocycles. The average Bonchev–Trinajstić information content (AvgIpc) is 3.30. The Balaban J connectivity index is 3.10. The second kappa shape index (κ2) is 15.0. The molecule has 0 spiro atoms. The van der Waals surface area contributed by atoms with Crippen molar-refractivity contribution in [2.45, 2.75) is 62.9 Å². The number of aliphatic hydroxyl groups excluding tert-OH is 1. The predicted molar refractivity (Wildman–Crippen MR) is 129 cm³/mol. The molecule has 1 heterocycles. The van der Waals surface area contributed by atoms with Gasteiger partial charge in [0.05, 0.1) is 24.9 Å². The number of aliphatic imine (C=N–C) groups is 1. The van der Waals surface area contributed by atoms with Gasteiger partial charge in [-0.15, -0.1) is 0 Å². The zero-order valence-corrected chi connectivity index (χ0v) is 20.2. The van der Waals surface area contributed by atoms with Gasteiger partial charge in [0.15, 0.2) is 12.0 Å². The highest BCUT2D eigenvalue weighted by atomic mass is 16.4. The first-order valence-corrected chi connectivity index (χ1v) is 11.2. The number of aromatic nitrogens is 2. The standard InChI is InChI=1S/C20H34N10O7/c1-9(31)15(19(36)37)30-17(34)12(3-2-4-26-20(23)24)28-18(35)13(5-10-7-25-8-27-10)29-16(33)11(21)6-14(22)32/h7-9,11-13,15,31H,2-6,21H2,1H3,(H2,22,32)(H,25,27)(H,28,35)(H,29,33)(H,30,34)(H,36,37)(H4,23,24,26). The summed E-state index contributed by atoms with van der Waals surface area (Å²) in [6, 6.07) is -5.53. The summed E-state index contributed by atoms with van der Waals surface area (Å²) in [4.78, 5) is 71.4. The fourth-order valence-electron chi connectivity index (χ4n) is 3.10. The van der Waals surface area contributed by atoms with Crippen LogP contribution in [0.2, 0.25) is 0 Å². The maximum absolute atomic E-state index is 13.2. The summed E-state index contributed by atoms with van der Waals surface area (Å²) in [5.74, 6) is -5.04. The number of amides is 4. The number of nitrogens with one attached hydrogen (secondary N) is 4. The topological polar surface area (TPSA) is 307 Å². The van der Waals surface area contributed by atoms with E-state index < -0.39 is 66.3 Å². The first kappa shape index (κ1) is 30.8. The number of nitrogens with two attached hydrogens (primary N) is 4. The number of hydrogen-bond acceptors (Lipinski definition) is 9. The number of imidazole rings is 1. The van der Waals surface area contributed by atoms with E-state index in [0.29, 0.717) is 5.69 Å². The summed E-state index contributed by atoms with van der Waals surface area (Å²) >= 11 is 0. The number of carboxylic acid groups (broad SMARTS) is 1. The lowest BCUT2D eigenvalue weighted by Gasteiger charge is -2.25. The van der Waals surface area contributed by atoms with Gasteiger partial charge in [-0.3, -0.25) is 24.2 Å². The molecule has 0 radical (unpaired) electrons. The van der Waals surface area contributed by atoms with Gasteiger partial charge >= 0.3 is 5.97 Å². The lowest BCUT2D eigenvalue weighted by Crippen LogP contribution is -2.58. The first-order chi connectivity index (χ1) is 17.3. The lowest BCUT2D eigenvalue weighted by molar-refractivity contribution is -0.145. The molecule has 0 aliphatic heterocycles. The second-order valence-corrected chi connectivity index (χ2v) is 8.19. The number of carboxylic acids is 1. The van der Waals surface area contributed by atoms with E-state index in [2.05, 4.69) is 30.9 Å². The van der Waals surface area contributed by atoms with Gasteiger partial charge in [0.2, 0.25) is 23.6 Å². The van der Waals surface area contributed by atoms with Gasteiger partial charge < -0.3 is 54.1 Å². The molecule has 0 aliphatic rings. The average molecular weight is 527 g/mol. The molecule has 37 heavy (non-hydrogen) atoms. The van der Waals surface area contributed by atoms with Crippen molar-refractivity contribution >= 4 is 35.6 Å². The van der Waals surface area contributed by atoms with Crippen LogP contribution in [0.3, 0.4) is 0 Å². The molecule has 5 unspecified atom stereocenters. The van der Waals surface area contributed by atoms with Crippen LogP contribution in [0.5, 0.6) is 0 Å². The van der Waals surface area contributed by atoms with Crippen molar-refractivity contribution in [1.82, 2.24) is 25.9 Å². The van der Waals surface area contributed by atoms with E-state index in [1.165, 1.54) is 19.4 Å². The maximum Gasteiger partial charge on any atom is 0.328 e. The largest absolute Gasteiger partial charge is 0.480 e. The summed E-state index contributed by atoms with van der Waals surface area (Å²) in [5, 5.41) is 26.0. The van der Waals surface area contributed by atoms with E-state index in [1.54, 1.807) is 0 Å². The number of primary amides is 1. The van der Waals surface area contributed by atoms with Gasteiger partial charge in [0.25, 0.3) is 0 Å². The van der Waals surface area contributed by atoms with Crippen molar-refractivity contribution in [3.8, 4) is 0 Å². The normalized spacial score (nSPS) is 14.8. The van der Waals surface area contributed by atoms with E-state index in [1.807, 2.05) is 0 Å². The Morgan fingerprint density at radius 3 is 2.19 bits per heavy atom. The minimum atomic E-state index is -1.64. The highest BCUT2D eigenvalue weighted by Gasteiger charge is 2.32. The number of rotatable bonds is 16. The molecule has 1 aromatic heterocycles. The molecule has 206 valence electrons. The molecule has 14 N–H and O–H groups in total. The number of guanidine groups is 1. The Morgan fingerprint density at radius 1 is 1.05 bits per heavy atom. The predicted octanol–water partition coefficient (Wildman–Crippen LogP) is -4.87. The van der Waals surface area contributed by atoms with Crippen LogP contribution < -0.4 is 38.9 Å². The molecule has 0 aliphatic carbocycles. The van der Waals surface area contributed by atoms with Crippen LogP contribution in [-0.2, 0) is 30.4 Å². The van der Waals surface area contributed by atoms with E-state index in [-0.39, 0.29) is 31.8 Å². The van der Waals surface area contributed by atoms with Gasteiger partial charge in [-0.05, 0) is 19.8 Å². The Bertz CT molecular complexity index is 963. The molecule has 17 heteroatoms. The minimum absolute atomic E-state index is 0.0214. The molecule has 17 nitrogen and oxygen atoms in total. The third-order valence-electron chi connectivity index (χ3n) is 4.99. The number of H-pyrrole nitrogens is 1. The van der Waals surface area contributed by atoms with Crippen LogP contribution in [-0.4, -0.2) is 92.6 Å². The number of hydrogen-bond donors (Lipinski definition) is 10. The summed E-state index contributed by atoms with van der Waals surface area (Å²) in [6.45, 7) is 1.29. The van der Waals surface area contributed by atoms with Crippen LogP contribution in [0.15, 0.2) is 17.5 Å². The zero-order chi connectivity index (χ0) is 28.1. The smallest absolute Gasteiger partial charge is 0.328 e. The highest BCUT2D eigenvalue weighted by molar-refractivity contribution is 5.95. The number of aliphatic hydroxyl groups is 1. The summed E-state index contributed by atoms with van der Waals surface area (Å²) in [5.41, 5.74) is 21.8. The summed E-state index contributed by atoms with van der Waals surface area (Å²) < 4.78 is 0. The molecular formula is C20H34N10O7. The Morgan fingerprint density at radius 2 is 1.68 bits per heavy atom. The quantitative estimate of drug-likeness (QED) is 0.0553. The number of nitrogens with zero attached hydrogens (tertiary/aromatic N) is 2. The van der Waals surface area contributed by atoms with E-state index in [0.717, 1.165) is 0 Å². The third kappa shape index (κ3) is 11.4. The van der Waals surface area contributed by atoms with Crippen LogP contribution >= 0.6 is 0 Å². The fourth-order valence-corrected chi connectivity index (χ4v) is 3.10. The molecule has 1 aromatic rings. The molecule has 4 amide bonds. The van der Waals surface area contributed by atoms with Gasteiger partial charge in [-0.25, -0.2) is 9.78 Å². The zero-order valence-electron chi connectivity index (χ0n) is 20.2. The van der Waals surface area contributed by atoms with Crippen LogP contribution in [0, 0.1) is 0 Å². The molecule has 0 saturated heterocycles. The van der Waals surface area contributed by atoms with Crippen LogP contribution in [0.1, 0.15) is 31.9 Å². The van der Waals surface area contributed by atoms with E-state index in [9.17, 15) is 34.2 Å². The van der Waals surface area contributed by atoms with Crippen LogP contribution in [0.4, 0.5) is 0 Å². The Hall–Kier alpha value is -4.25. The number of aromatic amines is 1. The highest BCUT2D eigenvalue weighted by Crippen LogP contribution is 2.05. The van der Waals surface area contributed by atoms with Gasteiger partial charge in [-0.2, -0.15) is 0 Å². The number of aliphatic carboxylic acids is 1. The Labute approximate surface area is 211 Å². The molecule has 0 saturated carbocycles. The number of carbonyl (C=O) groups excluding carboxylic acids is 4. The molecule has 5 atom stereocenters. The Kier molecular flexibility index (Phi) is 12.5. The van der Waals surface area contributed by atoms with Gasteiger partial charge in [0.1, 0.15) is 12.1 Å². The van der Waals surface area contributed by atoms with Crippen molar-refractivity contribution in [1.29, 1.82) is 0 Å². The molecule has 1 rings (SSSR count). The van der Waals surface area contributed by atoms with Crippen molar-refractivity contribution in [2.24, 2.45) is 27.9 Å². The second-order valence-electron chi connectivity index (χ2n) is 8.19. The third-order valence-corrected chi connectivity index (χ3v) is 4.99. The molecule has 0 fully saturated rings. The number of carbonyl (C=O) groups is 5. The van der Waals surface area contributed by atoms with Gasteiger partial charge in [-0.1, -0.05) is 0 Å². The van der Waals surface area contributed by atoms with Crippen molar-refractivity contribution in [3.05, 3.63) is 18.2 Å². The summed E-state index contributed by atoms with van der Waals surface area (Å²) in [6.07, 6.45) is 0.974. The molecular weight excluding hydrogens is 492 g/mol. The minimum Gasteiger partial charge on any atom is -0.480 e. The fraction of sp³-hybridized carbons (Fsp3) is 0.550. The monoisotopic (exact) mass is 526 g/mol. The van der Waals surface area contributed by atoms with Crippen molar-refractivity contribution in [2.75, 3.05) is 6.54 Å². The summed E-state index contributed by atoms with van der Waals surface area (Å²) in [7, 11) is 0. The molecule has 0 bridgehead atoms. The van der Waals surface area contributed by atoms with E-state index >= 15 is 0 Å². The first-order valence-electron chi connectivity index (χ1n) is 11.2. The lowest BCUT2D eigenvalue weighted by atomic mass is 10.1. The SMILES string of the molecule is CC(O)C(NC(=O)C(CCCN=C(N)N)NC(=O)C(Cc1cnc[nH]1)NC(=O)C(N)CC(N)=O)C(=O)O. The van der Waals surface area contributed by atoms with Gasteiger partial charge in [0, 0.05) is 24.9 Å². The van der Waals surface area contributed by atoms with Crippen molar-refractivity contribution in [3.63, 3.8) is 0 Å². The van der Waals surface area contributed by atoms with Crippen LogP contribution in [0.25, 0.3) is 0 Å². The maximum atomic E-state index is 13.2. The van der Waals surface area contributed by atoms with Crippen molar-refractivity contribution < 1.29 is 34.2 Å².